The maximum absolute atomic E-state index is 13.1. The second-order valence-electron chi connectivity index (χ2n) is 4.04. The molecule has 0 amide bonds. The van der Waals surface area contributed by atoms with Crippen molar-refractivity contribution in [2.75, 3.05) is 6.61 Å². The van der Waals surface area contributed by atoms with Crippen molar-refractivity contribution in [1.29, 1.82) is 0 Å². The summed E-state index contributed by atoms with van der Waals surface area (Å²) in [4.78, 5) is 1.25. The fourth-order valence-corrected chi connectivity index (χ4v) is 2.38. The van der Waals surface area contributed by atoms with Crippen LogP contribution < -0.4 is 4.74 Å². The molecule has 0 spiro atoms. The van der Waals surface area contributed by atoms with Crippen LogP contribution in [0, 0.1) is 5.82 Å². The Bertz CT molecular complexity index is 495. The van der Waals surface area contributed by atoms with E-state index in [-0.39, 0.29) is 5.82 Å². The van der Waals surface area contributed by atoms with Crippen molar-refractivity contribution in [3.8, 4) is 5.75 Å². The molecule has 18 heavy (non-hydrogen) atoms. The van der Waals surface area contributed by atoms with Gasteiger partial charge in [-0.3, -0.25) is 0 Å². The predicted molar refractivity (Wildman–Crippen MR) is 70.6 cm³/mol. The van der Waals surface area contributed by atoms with Crippen LogP contribution in [0.25, 0.3) is 0 Å². The number of aliphatic hydroxyl groups is 1. The van der Waals surface area contributed by atoms with E-state index in [2.05, 4.69) is 0 Å². The molecule has 96 valence electrons. The maximum Gasteiger partial charge on any atom is 0.125 e. The molecule has 0 bridgehead atoms. The minimum absolute atomic E-state index is 0.364. The molecule has 0 aliphatic heterocycles. The molecule has 0 aliphatic carbocycles. The largest absolute Gasteiger partial charge is 0.493 e. The van der Waals surface area contributed by atoms with E-state index >= 15 is 0 Å². The Morgan fingerprint density at radius 3 is 2.89 bits per heavy atom. The van der Waals surface area contributed by atoms with E-state index in [0.717, 1.165) is 6.42 Å². The van der Waals surface area contributed by atoms with Crippen molar-refractivity contribution in [1.82, 2.24) is 0 Å². The van der Waals surface area contributed by atoms with Crippen molar-refractivity contribution in [2.24, 2.45) is 0 Å². The van der Waals surface area contributed by atoms with E-state index in [1.54, 1.807) is 24.3 Å². The quantitative estimate of drug-likeness (QED) is 0.896. The van der Waals surface area contributed by atoms with Crippen LogP contribution in [-0.4, -0.2) is 11.7 Å². The lowest BCUT2D eigenvalue weighted by Crippen LogP contribution is -2.04. The first-order valence-electron chi connectivity index (χ1n) is 5.79. The van der Waals surface area contributed by atoms with Crippen molar-refractivity contribution in [2.45, 2.75) is 19.4 Å². The molecular weight excluding hydrogens is 251 g/mol. The number of ether oxygens (including phenoxy) is 1. The topological polar surface area (TPSA) is 29.5 Å². The molecule has 2 nitrogen and oxygen atoms in total. The van der Waals surface area contributed by atoms with Gasteiger partial charge in [-0.2, -0.15) is 0 Å². The van der Waals surface area contributed by atoms with Gasteiger partial charge in [0, 0.05) is 16.9 Å². The lowest BCUT2D eigenvalue weighted by molar-refractivity contribution is 0.191. The Hall–Kier alpha value is -1.39. The molecule has 1 heterocycles. The van der Waals surface area contributed by atoms with Crippen molar-refractivity contribution in [3.63, 3.8) is 0 Å². The molecule has 2 aromatic rings. The number of rotatable bonds is 5. The summed E-state index contributed by atoms with van der Waals surface area (Å²) >= 11 is 1.68. The summed E-state index contributed by atoms with van der Waals surface area (Å²) in [6.07, 6.45) is 0.0753. The first-order chi connectivity index (χ1) is 8.66. The minimum atomic E-state index is -0.738. The summed E-state index contributed by atoms with van der Waals surface area (Å²) in [6.45, 7) is 2.12. The molecule has 2 rings (SSSR count). The maximum atomic E-state index is 13.1. The monoisotopic (exact) mass is 266 g/mol. The highest BCUT2D eigenvalue weighted by atomic mass is 32.1. The third-order valence-corrected chi connectivity index (χ3v) is 3.54. The summed E-state index contributed by atoms with van der Waals surface area (Å²) in [5.74, 6) is 0.180. The third kappa shape index (κ3) is 3.31. The van der Waals surface area contributed by atoms with E-state index in [1.165, 1.54) is 17.0 Å². The van der Waals surface area contributed by atoms with Gasteiger partial charge in [0.1, 0.15) is 11.6 Å². The van der Waals surface area contributed by atoms with Gasteiger partial charge in [-0.05, 0) is 36.6 Å². The molecule has 0 aliphatic rings. The van der Waals surface area contributed by atoms with Crippen LogP contribution in [0.15, 0.2) is 35.7 Å². The number of thiophene rings is 1. The number of benzene rings is 1. The molecule has 1 aromatic carbocycles. The molecule has 1 atom stereocenters. The van der Waals surface area contributed by atoms with Crippen molar-refractivity contribution < 1.29 is 14.2 Å². The van der Waals surface area contributed by atoms with Crippen molar-refractivity contribution in [3.05, 3.63) is 52.0 Å². The van der Waals surface area contributed by atoms with Crippen LogP contribution in [0.4, 0.5) is 4.39 Å². The predicted octanol–water partition coefficient (Wildman–Crippen LogP) is 3.56. The van der Waals surface area contributed by atoms with Gasteiger partial charge >= 0.3 is 0 Å². The fraction of sp³-hybridized carbons (Fsp3) is 0.286. The standard InChI is InChI=1S/C14H15FO2S/c1-10(16)13-9-11(15)4-5-14(13)17-7-6-12-3-2-8-18-12/h2-5,8-10,16H,6-7H2,1H3/t10-/m1/s1. The number of hydrogen-bond acceptors (Lipinski definition) is 3. The van der Waals surface area contributed by atoms with Gasteiger partial charge in [0.25, 0.3) is 0 Å². The Morgan fingerprint density at radius 1 is 1.39 bits per heavy atom. The van der Waals surface area contributed by atoms with E-state index < -0.39 is 6.10 Å². The first-order valence-corrected chi connectivity index (χ1v) is 6.67. The van der Waals surface area contributed by atoms with Crippen LogP contribution in [0.1, 0.15) is 23.5 Å². The van der Waals surface area contributed by atoms with Gasteiger partial charge in [0.15, 0.2) is 0 Å². The number of aliphatic hydroxyl groups excluding tert-OH is 1. The summed E-state index contributed by atoms with van der Waals surface area (Å²) in [6, 6.07) is 8.26. The van der Waals surface area contributed by atoms with E-state index in [1.807, 2.05) is 17.5 Å². The molecule has 0 radical (unpaired) electrons. The molecule has 0 saturated carbocycles. The Kier molecular flexibility index (Phi) is 4.33. The minimum Gasteiger partial charge on any atom is -0.493 e. The third-order valence-electron chi connectivity index (χ3n) is 2.61. The van der Waals surface area contributed by atoms with E-state index in [0.29, 0.717) is 17.9 Å². The van der Waals surface area contributed by atoms with Crippen LogP contribution in [-0.2, 0) is 6.42 Å². The Balaban J connectivity index is 2.00. The molecule has 0 unspecified atom stereocenters. The summed E-state index contributed by atoms with van der Waals surface area (Å²) in [5.41, 5.74) is 0.487. The highest BCUT2D eigenvalue weighted by Crippen LogP contribution is 2.26. The lowest BCUT2D eigenvalue weighted by Gasteiger charge is -2.13. The van der Waals surface area contributed by atoms with Gasteiger partial charge in [-0.15, -0.1) is 11.3 Å². The summed E-state index contributed by atoms with van der Waals surface area (Å²) in [5, 5.41) is 11.6. The molecule has 4 heteroatoms. The second-order valence-corrected chi connectivity index (χ2v) is 5.07. The van der Waals surface area contributed by atoms with Crippen LogP contribution >= 0.6 is 11.3 Å². The number of halogens is 1. The second kappa shape index (κ2) is 5.98. The van der Waals surface area contributed by atoms with E-state index in [9.17, 15) is 9.50 Å². The Morgan fingerprint density at radius 2 is 2.22 bits per heavy atom. The van der Waals surface area contributed by atoms with Gasteiger partial charge < -0.3 is 9.84 Å². The smallest absolute Gasteiger partial charge is 0.125 e. The zero-order chi connectivity index (χ0) is 13.0. The van der Waals surface area contributed by atoms with Gasteiger partial charge in [-0.1, -0.05) is 6.07 Å². The van der Waals surface area contributed by atoms with Crippen molar-refractivity contribution >= 4 is 11.3 Å². The van der Waals surface area contributed by atoms with Crippen LogP contribution in [0.2, 0.25) is 0 Å². The highest BCUT2D eigenvalue weighted by molar-refractivity contribution is 7.09. The average molecular weight is 266 g/mol. The first kappa shape index (κ1) is 13.1. The van der Waals surface area contributed by atoms with Gasteiger partial charge in [0.05, 0.1) is 12.7 Å². The zero-order valence-corrected chi connectivity index (χ0v) is 10.9. The lowest BCUT2D eigenvalue weighted by atomic mass is 10.1. The van der Waals surface area contributed by atoms with Crippen LogP contribution in [0.3, 0.4) is 0 Å². The highest BCUT2D eigenvalue weighted by Gasteiger charge is 2.10. The summed E-state index contributed by atoms with van der Waals surface area (Å²) in [7, 11) is 0. The summed E-state index contributed by atoms with van der Waals surface area (Å²) < 4.78 is 18.7. The van der Waals surface area contributed by atoms with E-state index in [4.69, 9.17) is 4.74 Å². The van der Waals surface area contributed by atoms with Gasteiger partial charge in [-0.25, -0.2) is 4.39 Å². The fourth-order valence-electron chi connectivity index (χ4n) is 1.69. The van der Waals surface area contributed by atoms with Crippen LogP contribution in [0.5, 0.6) is 5.75 Å². The molecule has 1 N–H and O–H groups in total. The zero-order valence-electron chi connectivity index (χ0n) is 10.1. The average Bonchev–Trinajstić information content (AvgIpc) is 2.84. The molecular formula is C14H15FO2S. The molecule has 0 saturated heterocycles. The normalized spacial score (nSPS) is 12.4. The molecule has 1 aromatic heterocycles. The number of hydrogen-bond donors (Lipinski definition) is 1. The molecule has 0 fully saturated rings. The van der Waals surface area contributed by atoms with Gasteiger partial charge in [0.2, 0.25) is 0 Å². The SMILES string of the molecule is C[C@@H](O)c1cc(F)ccc1OCCc1cccs1. The Labute approximate surface area is 110 Å².